The lowest BCUT2D eigenvalue weighted by Gasteiger charge is -2.20. The second-order valence-corrected chi connectivity index (χ2v) is 9.23. The van der Waals surface area contributed by atoms with Crippen molar-refractivity contribution < 1.29 is 28.7 Å². The number of para-hydroxylation sites is 2. The number of ether oxygens (including phenoxy) is 2. The van der Waals surface area contributed by atoms with Crippen molar-refractivity contribution in [2.45, 2.75) is 39.0 Å². The number of carbonyl (C=O) groups is 4. The Hall–Kier alpha value is -3.68. The van der Waals surface area contributed by atoms with Crippen LogP contribution in [0.3, 0.4) is 0 Å². The molecule has 2 aliphatic heterocycles. The molecule has 0 unspecified atom stereocenters. The van der Waals surface area contributed by atoms with E-state index in [1.54, 1.807) is 41.3 Å². The lowest BCUT2D eigenvalue weighted by atomic mass is 9.81. The van der Waals surface area contributed by atoms with Crippen molar-refractivity contribution in [2.24, 2.45) is 17.8 Å². The number of hydrogen-bond acceptors (Lipinski definition) is 6. The van der Waals surface area contributed by atoms with E-state index in [0.29, 0.717) is 29.5 Å². The van der Waals surface area contributed by atoms with Gasteiger partial charge in [0.25, 0.3) is 0 Å². The van der Waals surface area contributed by atoms with Crippen molar-refractivity contribution in [3.05, 3.63) is 48.5 Å². The predicted octanol–water partition coefficient (Wildman–Crippen LogP) is 3.72. The topological polar surface area (TPSA) is 93.2 Å². The molecule has 2 aromatic rings. The molecule has 3 amide bonds. The maximum absolute atomic E-state index is 12.8. The summed E-state index contributed by atoms with van der Waals surface area (Å²) < 4.78 is 11.2. The van der Waals surface area contributed by atoms with Crippen LogP contribution in [0.5, 0.6) is 11.5 Å². The highest BCUT2D eigenvalue weighted by Gasteiger charge is 2.48. The van der Waals surface area contributed by atoms with Gasteiger partial charge in [-0.1, -0.05) is 25.0 Å². The number of hydrogen-bond donors (Lipinski definition) is 0. The average Bonchev–Trinajstić information content (AvgIpc) is 3.38. The number of anilines is 2. The summed E-state index contributed by atoms with van der Waals surface area (Å²) in [6, 6.07) is 13.7. The molecule has 182 valence electrons. The van der Waals surface area contributed by atoms with Gasteiger partial charge in [0.1, 0.15) is 11.5 Å². The van der Waals surface area contributed by atoms with E-state index in [4.69, 9.17) is 9.47 Å². The summed E-state index contributed by atoms with van der Waals surface area (Å²) in [7, 11) is 0. The number of benzene rings is 2. The quantitative estimate of drug-likeness (QED) is 0.358. The Balaban J connectivity index is 1.24. The molecule has 1 saturated carbocycles. The SMILES string of the molecule is CCOc1ccccc1N1C[C@@H](C(=O)Oc2ccc(N3C(=O)[C@H]4CCCC[C@H]4C3=O)cc2)CC1=O. The van der Waals surface area contributed by atoms with Crippen molar-refractivity contribution in [3.63, 3.8) is 0 Å². The van der Waals surface area contributed by atoms with Crippen molar-refractivity contribution in [1.29, 1.82) is 0 Å². The van der Waals surface area contributed by atoms with Gasteiger partial charge < -0.3 is 14.4 Å². The fraction of sp³-hybridized carbons (Fsp3) is 0.407. The third-order valence-corrected chi connectivity index (χ3v) is 7.07. The number of nitrogens with zero attached hydrogens (tertiary/aromatic N) is 2. The molecule has 3 fully saturated rings. The van der Waals surface area contributed by atoms with Gasteiger partial charge in [-0.3, -0.25) is 24.1 Å². The Morgan fingerprint density at radius 2 is 1.60 bits per heavy atom. The summed E-state index contributed by atoms with van der Waals surface area (Å²) in [6.45, 7) is 2.55. The normalized spacial score (nSPS) is 24.0. The summed E-state index contributed by atoms with van der Waals surface area (Å²) in [5, 5.41) is 0. The van der Waals surface area contributed by atoms with Crippen LogP contribution in [0.4, 0.5) is 11.4 Å². The van der Waals surface area contributed by atoms with Gasteiger partial charge in [-0.25, -0.2) is 0 Å². The number of amides is 3. The molecule has 5 rings (SSSR count). The van der Waals surface area contributed by atoms with Crippen LogP contribution in [0, 0.1) is 17.8 Å². The maximum Gasteiger partial charge on any atom is 0.316 e. The Morgan fingerprint density at radius 1 is 0.943 bits per heavy atom. The Labute approximate surface area is 203 Å². The minimum atomic E-state index is -0.610. The second-order valence-electron chi connectivity index (χ2n) is 9.23. The summed E-state index contributed by atoms with van der Waals surface area (Å²) >= 11 is 0. The molecule has 35 heavy (non-hydrogen) atoms. The molecule has 8 heteroatoms. The van der Waals surface area contributed by atoms with Crippen LogP contribution in [-0.4, -0.2) is 36.8 Å². The first-order chi connectivity index (χ1) is 17.0. The van der Waals surface area contributed by atoms with Crippen LogP contribution < -0.4 is 19.3 Å². The Morgan fingerprint density at radius 3 is 2.26 bits per heavy atom. The van der Waals surface area contributed by atoms with Gasteiger partial charge in [0.15, 0.2) is 0 Å². The van der Waals surface area contributed by atoms with Gasteiger partial charge >= 0.3 is 5.97 Å². The summed E-state index contributed by atoms with van der Waals surface area (Å²) in [6.07, 6.45) is 3.51. The van der Waals surface area contributed by atoms with Gasteiger partial charge in [-0.05, 0) is 56.2 Å². The minimum Gasteiger partial charge on any atom is -0.492 e. The van der Waals surface area contributed by atoms with Crippen molar-refractivity contribution in [3.8, 4) is 11.5 Å². The number of rotatable bonds is 6. The van der Waals surface area contributed by atoms with Gasteiger partial charge in [-0.15, -0.1) is 0 Å². The fourth-order valence-corrected chi connectivity index (χ4v) is 5.34. The average molecular weight is 477 g/mol. The molecule has 0 aromatic heterocycles. The van der Waals surface area contributed by atoms with E-state index in [0.717, 1.165) is 25.7 Å². The standard InChI is InChI=1S/C27H28N2O6/c1-2-34-23-10-6-5-9-22(23)28-16-17(15-24(28)30)27(33)35-19-13-11-18(12-14-19)29-25(31)20-7-3-4-8-21(20)26(29)32/h5-6,9-14,17,20-21H,2-4,7-8,15-16H2,1H3/t17-,20-,21+/m0/s1. The zero-order valence-electron chi connectivity index (χ0n) is 19.6. The minimum absolute atomic E-state index is 0.0525. The summed E-state index contributed by atoms with van der Waals surface area (Å²) in [5.41, 5.74) is 1.13. The van der Waals surface area contributed by atoms with Gasteiger partial charge in [0.2, 0.25) is 17.7 Å². The summed E-state index contributed by atoms with van der Waals surface area (Å²) in [4.78, 5) is 53.9. The summed E-state index contributed by atoms with van der Waals surface area (Å²) in [5.74, 6) is -1.09. The van der Waals surface area contributed by atoms with Crippen LogP contribution in [0.1, 0.15) is 39.0 Å². The van der Waals surface area contributed by atoms with E-state index in [-0.39, 0.29) is 42.5 Å². The number of fused-ring (bicyclic) bond motifs is 1. The Kier molecular flexibility index (Phi) is 6.28. The highest BCUT2D eigenvalue weighted by Crippen LogP contribution is 2.40. The molecule has 3 atom stereocenters. The molecular formula is C27H28N2O6. The van der Waals surface area contributed by atoms with E-state index in [2.05, 4.69) is 0 Å². The van der Waals surface area contributed by atoms with E-state index >= 15 is 0 Å². The van der Waals surface area contributed by atoms with E-state index in [9.17, 15) is 19.2 Å². The first kappa shape index (κ1) is 23.1. The monoisotopic (exact) mass is 476 g/mol. The predicted molar refractivity (Wildman–Crippen MR) is 128 cm³/mol. The molecule has 2 aromatic carbocycles. The zero-order chi connectivity index (χ0) is 24.5. The van der Waals surface area contributed by atoms with Crippen LogP contribution >= 0.6 is 0 Å². The van der Waals surface area contributed by atoms with Crippen molar-refractivity contribution >= 4 is 35.1 Å². The third-order valence-electron chi connectivity index (χ3n) is 7.07. The van der Waals surface area contributed by atoms with Gasteiger partial charge in [0, 0.05) is 13.0 Å². The third kappa shape index (κ3) is 4.29. The highest BCUT2D eigenvalue weighted by molar-refractivity contribution is 6.22. The van der Waals surface area contributed by atoms with Crippen LogP contribution in [0.15, 0.2) is 48.5 Å². The molecule has 8 nitrogen and oxygen atoms in total. The largest absolute Gasteiger partial charge is 0.492 e. The van der Waals surface area contributed by atoms with Crippen LogP contribution in [-0.2, 0) is 19.2 Å². The van der Waals surface area contributed by atoms with E-state index in [1.165, 1.54) is 4.90 Å². The molecule has 2 heterocycles. The second kappa shape index (κ2) is 9.52. The van der Waals surface area contributed by atoms with Crippen molar-refractivity contribution in [1.82, 2.24) is 0 Å². The first-order valence-corrected chi connectivity index (χ1v) is 12.2. The molecular weight excluding hydrogens is 448 g/mol. The van der Waals surface area contributed by atoms with E-state index in [1.807, 2.05) is 19.1 Å². The maximum atomic E-state index is 12.8. The molecule has 0 radical (unpaired) electrons. The Bertz CT molecular complexity index is 1140. The number of imide groups is 1. The van der Waals surface area contributed by atoms with Crippen molar-refractivity contribution in [2.75, 3.05) is 23.0 Å². The molecule has 1 aliphatic carbocycles. The van der Waals surface area contributed by atoms with Crippen LogP contribution in [0.25, 0.3) is 0 Å². The first-order valence-electron chi connectivity index (χ1n) is 12.2. The molecule has 0 spiro atoms. The highest BCUT2D eigenvalue weighted by atomic mass is 16.5. The molecule has 3 aliphatic rings. The zero-order valence-corrected chi connectivity index (χ0v) is 19.6. The fourth-order valence-electron chi connectivity index (χ4n) is 5.34. The number of carbonyl (C=O) groups excluding carboxylic acids is 4. The van der Waals surface area contributed by atoms with Gasteiger partial charge in [0.05, 0.1) is 35.7 Å². The number of esters is 1. The smallest absolute Gasteiger partial charge is 0.316 e. The van der Waals surface area contributed by atoms with E-state index < -0.39 is 11.9 Å². The lowest BCUT2D eigenvalue weighted by Crippen LogP contribution is -2.30. The molecule has 2 saturated heterocycles. The van der Waals surface area contributed by atoms with Gasteiger partial charge in [-0.2, -0.15) is 0 Å². The lowest BCUT2D eigenvalue weighted by molar-refractivity contribution is -0.139. The molecule has 0 N–H and O–H groups in total. The molecule has 0 bridgehead atoms. The van der Waals surface area contributed by atoms with Crippen LogP contribution in [0.2, 0.25) is 0 Å².